The number of rotatable bonds is 1. The molecule has 100 valence electrons. The molecule has 2 heteroatoms. The lowest BCUT2D eigenvalue weighted by Gasteiger charge is -2.26. The van der Waals surface area contributed by atoms with Crippen LogP contribution in [0.4, 0.5) is 0 Å². The molecule has 0 saturated heterocycles. The molecule has 0 radical (unpaired) electrons. The first-order valence-corrected chi connectivity index (χ1v) is 7.23. The first kappa shape index (κ1) is 13.2. The van der Waals surface area contributed by atoms with E-state index >= 15 is 0 Å². The highest BCUT2D eigenvalue weighted by molar-refractivity contribution is 6.30. The van der Waals surface area contributed by atoms with Gasteiger partial charge in [0.25, 0.3) is 0 Å². The van der Waals surface area contributed by atoms with E-state index in [0.29, 0.717) is 0 Å². The fourth-order valence-electron chi connectivity index (χ4n) is 2.51. The molecule has 0 spiro atoms. The average Bonchev–Trinajstić information content (AvgIpc) is 2.47. The number of hydrogen-bond donors (Lipinski definition) is 0. The molecule has 0 aliphatic carbocycles. The Bertz CT molecular complexity index is 666. The van der Waals surface area contributed by atoms with Crippen molar-refractivity contribution in [1.82, 2.24) is 4.90 Å². The zero-order valence-corrected chi connectivity index (χ0v) is 12.0. The van der Waals surface area contributed by atoms with E-state index in [2.05, 4.69) is 41.0 Å². The van der Waals surface area contributed by atoms with E-state index in [-0.39, 0.29) is 0 Å². The highest BCUT2D eigenvalue weighted by Crippen LogP contribution is 2.17. The minimum atomic E-state index is 0.740. The summed E-state index contributed by atoms with van der Waals surface area (Å²) in [6, 6.07) is 16.4. The van der Waals surface area contributed by atoms with Gasteiger partial charge < -0.3 is 0 Å². The van der Waals surface area contributed by atoms with Crippen LogP contribution in [0.5, 0.6) is 0 Å². The van der Waals surface area contributed by atoms with Gasteiger partial charge in [0.05, 0.1) is 6.54 Å². The Kier molecular flexibility index (Phi) is 4.06. The molecule has 1 nitrogen and oxygen atoms in total. The van der Waals surface area contributed by atoms with Crippen molar-refractivity contribution in [2.75, 3.05) is 13.1 Å². The summed E-state index contributed by atoms with van der Waals surface area (Å²) < 4.78 is 0. The van der Waals surface area contributed by atoms with Gasteiger partial charge >= 0.3 is 0 Å². The van der Waals surface area contributed by atoms with Gasteiger partial charge in [-0.05, 0) is 35.7 Å². The van der Waals surface area contributed by atoms with Gasteiger partial charge in [-0.25, -0.2) is 0 Å². The average molecular weight is 282 g/mol. The summed E-state index contributed by atoms with van der Waals surface area (Å²) in [5, 5.41) is 0.740. The van der Waals surface area contributed by atoms with Crippen LogP contribution in [0.3, 0.4) is 0 Å². The van der Waals surface area contributed by atoms with Crippen LogP contribution in [0, 0.1) is 11.8 Å². The van der Waals surface area contributed by atoms with Gasteiger partial charge in [-0.2, -0.15) is 0 Å². The topological polar surface area (TPSA) is 3.24 Å². The Labute approximate surface area is 125 Å². The van der Waals surface area contributed by atoms with Crippen molar-refractivity contribution >= 4 is 11.6 Å². The van der Waals surface area contributed by atoms with Gasteiger partial charge in [-0.3, -0.25) is 4.90 Å². The predicted octanol–water partition coefficient (Wildman–Crippen LogP) is 3.75. The molecular formula is C18H16ClN. The van der Waals surface area contributed by atoms with E-state index in [1.807, 2.05) is 24.3 Å². The van der Waals surface area contributed by atoms with E-state index in [1.54, 1.807) is 0 Å². The fraction of sp³-hybridized carbons (Fsp3) is 0.222. The molecule has 0 N–H and O–H groups in total. The van der Waals surface area contributed by atoms with Gasteiger partial charge in [-0.1, -0.05) is 53.8 Å². The van der Waals surface area contributed by atoms with Crippen LogP contribution in [0.25, 0.3) is 0 Å². The lowest BCUT2D eigenvalue weighted by Crippen LogP contribution is -2.30. The van der Waals surface area contributed by atoms with Gasteiger partial charge in [-0.15, -0.1) is 0 Å². The van der Waals surface area contributed by atoms with Crippen LogP contribution >= 0.6 is 11.6 Å². The Hall–Kier alpha value is -1.75. The maximum absolute atomic E-state index is 5.95. The molecule has 1 aliphatic rings. The highest BCUT2D eigenvalue weighted by atomic mass is 35.5. The summed E-state index contributed by atoms with van der Waals surface area (Å²) in [6.45, 7) is 2.89. The Morgan fingerprint density at radius 1 is 1.05 bits per heavy atom. The molecule has 0 aromatic heterocycles. The lowest BCUT2D eigenvalue weighted by atomic mass is 10.00. The largest absolute Gasteiger partial charge is 0.288 e. The fourth-order valence-corrected chi connectivity index (χ4v) is 2.70. The third-order valence-corrected chi connectivity index (χ3v) is 3.80. The summed E-state index contributed by atoms with van der Waals surface area (Å²) >= 11 is 5.95. The second-order valence-corrected chi connectivity index (χ2v) is 5.48. The second kappa shape index (κ2) is 6.13. The summed E-state index contributed by atoms with van der Waals surface area (Å²) in [6.07, 6.45) is 1.12. The zero-order valence-electron chi connectivity index (χ0n) is 11.3. The first-order chi connectivity index (χ1) is 9.81. The van der Waals surface area contributed by atoms with Crippen LogP contribution < -0.4 is 0 Å². The van der Waals surface area contributed by atoms with Crippen molar-refractivity contribution in [3.63, 3.8) is 0 Å². The van der Waals surface area contributed by atoms with Crippen LogP contribution in [-0.2, 0) is 13.0 Å². The number of fused-ring (bicyclic) bond motifs is 1. The number of halogens is 1. The molecule has 0 amide bonds. The van der Waals surface area contributed by atoms with Crippen molar-refractivity contribution in [3.8, 4) is 11.8 Å². The third-order valence-electron chi connectivity index (χ3n) is 3.57. The Balaban J connectivity index is 1.64. The summed E-state index contributed by atoms with van der Waals surface area (Å²) in [5.74, 6) is 6.43. The molecule has 20 heavy (non-hydrogen) atoms. The number of nitrogens with zero attached hydrogens (tertiary/aromatic N) is 1. The van der Waals surface area contributed by atoms with Crippen molar-refractivity contribution in [2.45, 2.75) is 13.0 Å². The molecule has 2 aromatic carbocycles. The second-order valence-electron chi connectivity index (χ2n) is 5.04. The van der Waals surface area contributed by atoms with Gasteiger partial charge in [0, 0.05) is 23.7 Å². The summed E-state index contributed by atoms with van der Waals surface area (Å²) in [5.41, 5.74) is 3.89. The Morgan fingerprint density at radius 3 is 2.75 bits per heavy atom. The monoisotopic (exact) mass is 281 g/mol. The molecule has 3 rings (SSSR count). The van der Waals surface area contributed by atoms with Crippen LogP contribution in [-0.4, -0.2) is 18.0 Å². The first-order valence-electron chi connectivity index (χ1n) is 6.85. The zero-order chi connectivity index (χ0) is 13.8. The molecule has 0 fully saturated rings. The number of benzene rings is 2. The van der Waals surface area contributed by atoms with E-state index in [9.17, 15) is 0 Å². The Morgan fingerprint density at radius 2 is 1.90 bits per heavy atom. The standard InChI is InChI=1S/C18H16ClN/c19-18-9-3-5-15(13-18)6-4-11-20-12-10-16-7-1-2-8-17(16)14-20/h1-3,5,7-9,13H,10-12,14H2. The highest BCUT2D eigenvalue weighted by Gasteiger charge is 2.13. The van der Waals surface area contributed by atoms with Gasteiger partial charge in [0.1, 0.15) is 0 Å². The third kappa shape index (κ3) is 3.22. The van der Waals surface area contributed by atoms with E-state index in [4.69, 9.17) is 11.6 Å². The van der Waals surface area contributed by atoms with E-state index in [1.165, 1.54) is 11.1 Å². The molecule has 0 atom stereocenters. The SMILES string of the molecule is Clc1cccc(C#CCN2CCc3ccccc3C2)c1. The van der Waals surface area contributed by atoms with Crippen molar-refractivity contribution in [1.29, 1.82) is 0 Å². The summed E-state index contributed by atoms with van der Waals surface area (Å²) in [7, 11) is 0. The molecule has 0 unspecified atom stereocenters. The van der Waals surface area contributed by atoms with Crippen LogP contribution in [0.2, 0.25) is 5.02 Å². The predicted molar refractivity (Wildman–Crippen MR) is 83.8 cm³/mol. The smallest absolute Gasteiger partial charge is 0.0608 e. The maximum atomic E-state index is 5.95. The molecule has 2 aromatic rings. The maximum Gasteiger partial charge on any atom is 0.0608 e. The number of hydrogen-bond acceptors (Lipinski definition) is 1. The van der Waals surface area contributed by atoms with Crippen molar-refractivity contribution in [3.05, 3.63) is 70.2 Å². The van der Waals surface area contributed by atoms with Crippen molar-refractivity contribution < 1.29 is 0 Å². The molecule has 1 heterocycles. The normalized spacial score (nSPS) is 14.2. The van der Waals surface area contributed by atoms with Gasteiger partial charge in [0.2, 0.25) is 0 Å². The molecule has 0 saturated carbocycles. The van der Waals surface area contributed by atoms with Crippen molar-refractivity contribution in [2.24, 2.45) is 0 Å². The lowest BCUT2D eigenvalue weighted by molar-refractivity contribution is 0.286. The van der Waals surface area contributed by atoms with Crippen LogP contribution in [0.15, 0.2) is 48.5 Å². The molecular weight excluding hydrogens is 266 g/mol. The minimum Gasteiger partial charge on any atom is -0.288 e. The quantitative estimate of drug-likeness (QED) is 0.720. The van der Waals surface area contributed by atoms with E-state index < -0.39 is 0 Å². The molecule has 1 aliphatic heterocycles. The minimum absolute atomic E-state index is 0.740. The van der Waals surface area contributed by atoms with E-state index in [0.717, 1.165) is 36.6 Å². The van der Waals surface area contributed by atoms with Gasteiger partial charge in [0.15, 0.2) is 0 Å². The van der Waals surface area contributed by atoms with Crippen LogP contribution in [0.1, 0.15) is 16.7 Å². The summed E-state index contributed by atoms with van der Waals surface area (Å²) in [4.78, 5) is 2.39. The molecule has 0 bridgehead atoms.